The summed E-state index contributed by atoms with van der Waals surface area (Å²) in [4.78, 5) is 14.9. The fourth-order valence-corrected chi connectivity index (χ4v) is 4.02. The van der Waals surface area contributed by atoms with Gasteiger partial charge in [0, 0.05) is 33.2 Å². The third kappa shape index (κ3) is 4.04. The molecular formula is C18H29N3O3S. The van der Waals surface area contributed by atoms with E-state index in [4.69, 9.17) is 5.73 Å². The van der Waals surface area contributed by atoms with Gasteiger partial charge in [0.15, 0.2) is 0 Å². The predicted molar refractivity (Wildman–Crippen MR) is 98.7 cm³/mol. The molecule has 140 valence electrons. The highest BCUT2D eigenvalue weighted by Crippen LogP contribution is 2.30. The lowest BCUT2D eigenvalue weighted by atomic mass is 9.79. The molecule has 7 heteroatoms. The van der Waals surface area contributed by atoms with Crippen molar-refractivity contribution in [3.63, 3.8) is 0 Å². The lowest BCUT2D eigenvalue weighted by molar-refractivity contribution is -0.135. The molecule has 1 saturated heterocycles. The second kappa shape index (κ2) is 7.05. The molecule has 0 saturated carbocycles. The number of sulfonamides is 1. The minimum Gasteiger partial charge on any atom is -0.342 e. The fraction of sp³-hybridized carbons (Fsp3) is 0.611. The molecule has 1 aliphatic rings. The van der Waals surface area contributed by atoms with Gasteiger partial charge in [0.2, 0.25) is 15.9 Å². The summed E-state index contributed by atoms with van der Waals surface area (Å²) in [5, 5.41) is 0. The maximum absolute atomic E-state index is 12.8. The van der Waals surface area contributed by atoms with Gasteiger partial charge >= 0.3 is 0 Å². The number of rotatable bonds is 4. The second-order valence-electron chi connectivity index (χ2n) is 7.72. The standard InChI is InChI=1S/C18H29N3O3S/c1-13(17(22)21-11-10-16(19)18(2,3)12-21)14-6-8-15(9-7-14)25(23,24)20(4)5/h6-9,13,16H,10-12,19H2,1-5H3. The average Bonchev–Trinajstić information content (AvgIpc) is 2.56. The van der Waals surface area contributed by atoms with Crippen molar-refractivity contribution in [2.24, 2.45) is 11.1 Å². The molecule has 2 unspecified atom stereocenters. The highest BCUT2D eigenvalue weighted by Gasteiger charge is 2.36. The number of amides is 1. The summed E-state index contributed by atoms with van der Waals surface area (Å²) in [6.07, 6.45) is 0.797. The lowest BCUT2D eigenvalue weighted by Gasteiger charge is -2.43. The van der Waals surface area contributed by atoms with Crippen molar-refractivity contribution in [2.75, 3.05) is 27.2 Å². The first-order valence-electron chi connectivity index (χ1n) is 8.53. The van der Waals surface area contributed by atoms with E-state index in [1.165, 1.54) is 18.4 Å². The van der Waals surface area contributed by atoms with Crippen molar-refractivity contribution < 1.29 is 13.2 Å². The van der Waals surface area contributed by atoms with E-state index in [1.54, 1.807) is 24.3 Å². The number of nitrogens with two attached hydrogens (primary N) is 1. The molecule has 2 N–H and O–H groups in total. The molecule has 0 aromatic heterocycles. The topological polar surface area (TPSA) is 83.7 Å². The molecule has 0 radical (unpaired) electrons. The van der Waals surface area contributed by atoms with E-state index in [1.807, 2.05) is 11.8 Å². The summed E-state index contributed by atoms with van der Waals surface area (Å²) in [6, 6.07) is 6.66. The summed E-state index contributed by atoms with van der Waals surface area (Å²) in [5.41, 5.74) is 6.86. The van der Waals surface area contributed by atoms with Crippen molar-refractivity contribution in [2.45, 2.75) is 44.0 Å². The summed E-state index contributed by atoms with van der Waals surface area (Å²) < 4.78 is 25.4. The number of hydrogen-bond acceptors (Lipinski definition) is 4. The van der Waals surface area contributed by atoms with Crippen molar-refractivity contribution in [1.82, 2.24) is 9.21 Å². The molecule has 1 amide bonds. The molecule has 0 bridgehead atoms. The SMILES string of the molecule is CC(C(=O)N1CCC(N)C(C)(C)C1)c1ccc(S(=O)(=O)N(C)C)cc1. The van der Waals surface area contributed by atoms with Crippen LogP contribution in [0.1, 0.15) is 38.7 Å². The van der Waals surface area contributed by atoms with Crippen molar-refractivity contribution in [1.29, 1.82) is 0 Å². The van der Waals surface area contributed by atoms with Gasteiger partial charge in [-0.3, -0.25) is 4.79 Å². The Morgan fingerprint density at radius 1 is 1.28 bits per heavy atom. The lowest BCUT2D eigenvalue weighted by Crippen LogP contribution is -2.54. The van der Waals surface area contributed by atoms with Crippen LogP contribution in [0.2, 0.25) is 0 Å². The molecule has 0 spiro atoms. The minimum absolute atomic E-state index is 0.0585. The van der Waals surface area contributed by atoms with E-state index in [2.05, 4.69) is 13.8 Å². The van der Waals surface area contributed by atoms with Gasteiger partial charge in [0.05, 0.1) is 10.8 Å². The zero-order chi connectivity index (χ0) is 19.0. The van der Waals surface area contributed by atoms with Gasteiger partial charge < -0.3 is 10.6 Å². The van der Waals surface area contributed by atoms with Crippen LogP contribution >= 0.6 is 0 Å². The first-order chi connectivity index (χ1) is 11.5. The molecule has 1 aromatic rings. The Morgan fingerprint density at radius 3 is 2.32 bits per heavy atom. The number of carbonyl (C=O) groups is 1. The van der Waals surface area contributed by atoms with Crippen LogP contribution in [0.25, 0.3) is 0 Å². The largest absolute Gasteiger partial charge is 0.342 e. The predicted octanol–water partition coefficient (Wildman–Crippen LogP) is 1.63. The Labute approximate surface area is 151 Å². The van der Waals surface area contributed by atoms with Crippen molar-refractivity contribution in [3.05, 3.63) is 29.8 Å². The Kier molecular flexibility index (Phi) is 5.61. The van der Waals surface area contributed by atoms with Gasteiger partial charge in [-0.15, -0.1) is 0 Å². The number of hydrogen-bond donors (Lipinski definition) is 1. The number of nitrogens with zero attached hydrogens (tertiary/aromatic N) is 2. The number of carbonyl (C=O) groups excluding carboxylic acids is 1. The van der Waals surface area contributed by atoms with Gasteiger partial charge in [-0.2, -0.15) is 0 Å². The summed E-state index contributed by atoms with van der Waals surface area (Å²) in [6.45, 7) is 7.34. The van der Waals surface area contributed by atoms with Gasteiger partial charge in [-0.25, -0.2) is 12.7 Å². The van der Waals surface area contributed by atoms with Crippen LogP contribution in [0.4, 0.5) is 0 Å². The highest BCUT2D eigenvalue weighted by atomic mass is 32.2. The molecule has 25 heavy (non-hydrogen) atoms. The van der Waals surface area contributed by atoms with E-state index in [-0.39, 0.29) is 28.2 Å². The van der Waals surface area contributed by atoms with Crippen molar-refractivity contribution in [3.8, 4) is 0 Å². The third-order valence-corrected chi connectivity index (χ3v) is 6.98. The van der Waals surface area contributed by atoms with Gasteiger partial charge in [-0.1, -0.05) is 26.0 Å². The van der Waals surface area contributed by atoms with Crippen LogP contribution in [0.3, 0.4) is 0 Å². The number of likely N-dealkylation sites (tertiary alicyclic amines) is 1. The quantitative estimate of drug-likeness (QED) is 0.877. The molecule has 2 atom stereocenters. The van der Waals surface area contributed by atoms with E-state index >= 15 is 0 Å². The molecule has 1 fully saturated rings. The Morgan fingerprint density at radius 2 is 1.84 bits per heavy atom. The van der Waals surface area contributed by atoms with E-state index in [9.17, 15) is 13.2 Å². The highest BCUT2D eigenvalue weighted by molar-refractivity contribution is 7.89. The molecule has 6 nitrogen and oxygen atoms in total. The smallest absolute Gasteiger partial charge is 0.242 e. The Bertz CT molecular complexity index is 726. The molecule has 0 aliphatic carbocycles. The maximum atomic E-state index is 12.8. The average molecular weight is 368 g/mol. The van der Waals surface area contributed by atoms with Crippen LogP contribution < -0.4 is 5.73 Å². The summed E-state index contributed by atoms with van der Waals surface area (Å²) in [5.74, 6) is -0.260. The van der Waals surface area contributed by atoms with Crippen LogP contribution in [-0.2, 0) is 14.8 Å². The maximum Gasteiger partial charge on any atom is 0.242 e. The van der Waals surface area contributed by atoms with Crippen LogP contribution in [0.15, 0.2) is 29.2 Å². The molecule has 2 rings (SSSR count). The summed E-state index contributed by atoms with van der Waals surface area (Å²) >= 11 is 0. The normalized spacial score (nSPS) is 22.0. The van der Waals surface area contributed by atoms with Gasteiger partial charge in [-0.05, 0) is 36.5 Å². The van der Waals surface area contributed by atoms with E-state index in [0.717, 1.165) is 12.0 Å². The Hall–Kier alpha value is -1.44. The first-order valence-corrected chi connectivity index (χ1v) is 9.97. The molecule has 1 aliphatic heterocycles. The number of benzene rings is 1. The fourth-order valence-electron chi connectivity index (χ4n) is 3.12. The zero-order valence-electron chi connectivity index (χ0n) is 15.7. The third-order valence-electron chi connectivity index (χ3n) is 5.15. The van der Waals surface area contributed by atoms with Crippen LogP contribution in [-0.4, -0.2) is 56.8 Å². The molecule has 1 heterocycles. The zero-order valence-corrected chi connectivity index (χ0v) is 16.5. The summed E-state index contributed by atoms with van der Waals surface area (Å²) in [7, 11) is -0.461. The van der Waals surface area contributed by atoms with Crippen LogP contribution in [0.5, 0.6) is 0 Å². The molecule has 1 aromatic carbocycles. The monoisotopic (exact) mass is 367 g/mol. The minimum atomic E-state index is -3.46. The second-order valence-corrected chi connectivity index (χ2v) is 9.87. The van der Waals surface area contributed by atoms with Crippen LogP contribution in [0, 0.1) is 5.41 Å². The van der Waals surface area contributed by atoms with E-state index < -0.39 is 10.0 Å². The first kappa shape index (κ1) is 19.9. The van der Waals surface area contributed by atoms with Gasteiger partial charge in [0.1, 0.15) is 0 Å². The van der Waals surface area contributed by atoms with Crippen molar-refractivity contribution >= 4 is 15.9 Å². The number of piperidine rings is 1. The Balaban J connectivity index is 2.15. The van der Waals surface area contributed by atoms with E-state index in [0.29, 0.717) is 13.1 Å². The molecular weight excluding hydrogens is 338 g/mol. The van der Waals surface area contributed by atoms with Gasteiger partial charge in [0.25, 0.3) is 0 Å².